The van der Waals surface area contributed by atoms with Crippen LogP contribution in [-0.2, 0) is 19.8 Å². The van der Waals surface area contributed by atoms with E-state index >= 15 is 0 Å². The molecule has 0 bridgehead atoms. The molecule has 0 saturated carbocycles. The lowest BCUT2D eigenvalue weighted by Gasteiger charge is -2.17. The molecule has 0 aliphatic carbocycles. The molecule has 3 aromatic rings. The highest BCUT2D eigenvalue weighted by atomic mass is 31.2. The number of phosphoric ester groups is 1. The number of alkyl halides is 3. The molecule has 3 rings (SSSR count). The Kier molecular flexibility index (Phi) is 5.84. The molecule has 0 radical (unpaired) electrons. The van der Waals surface area contributed by atoms with Gasteiger partial charge in [0.1, 0.15) is 5.75 Å². The molecule has 0 unspecified atom stereocenters. The second-order valence-corrected chi connectivity index (χ2v) is 7.47. The summed E-state index contributed by atoms with van der Waals surface area (Å²) in [6.45, 7) is 3.70. The Morgan fingerprint density at radius 3 is 2.18 bits per heavy atom. The van der Waals surface area contributed by atoms with Crippen LogP contribution in [0.25, 0.3) is 22.2 Å². The van der Waals surface area contributed by atoms with Crippen LogP contribution in [0.15, 0.2) is 48.5 Å². The summed E-state index contributed by atoms with van der Waals surface area (Å²) in [5.74, 6) is 0.296. The predicted molar refractivity (Wildman–Crippen MR) is 100 cm³/mol. The highest BCUT2D eigenvalue weighted by molar-refractivity contribution is 7.48. The topological polar surface area (TPSA) is 60.6 Å². The third kappa shape index (κ3) is 4.58. The van der Waals surface area contributed by atoms with Gasteiger partial charge in [0.25, 0.3) is 0 Å². The van der Waals surface area contributed by atoms with Crippen LogP contribution in [0.1, 0.15) is 19.4 Å². The molecule has 0 aliphatic rings. The van der Waals surface area contributed by atoms with Crippen molar-refractivity contribution in [1.82, 2.24) is 4.98 Å². The maximum absolute atomic E-state index is 12.9. The molecule has 5 nitrogen and oxygen atoms in total. The number of fused-ring (bicyclic) bond motifs is 1. The van der Waals surface area contributed by atoms with Crippen LogP contribution < -0.4 is 4.52 Å². The zero-order chi connectivity index (χ0) is 20.4. The van der Waals surface area contributed by atoms with Crippen LogP contribution in [0.2, 0.25) is 0 Å². The smallest absolute Gasteiger partial charge is 0.404 e. The van der Waals surface area contributed by atoms with E-state index in [0.29, 0.717) is 22.3 Å². The fraction of sp³-hybridized carbons (Fsp3) is 0.263. The monoisotopic (exact) mass is 413 g/mol. The molecule has 0 aliphatic heterocycles. The van der Waals surface area contributed by atoms with Crippen molar-refractivity contribution in [2.75, 3.05) is 13.2 Å². The summed E-state index contributed by atoms with van der Waals surface area (Å²) in [6.07, 6.45) is -4.40. The summed E-state index contributed by atoms with van der Waals surface area (Å²) in [5, 5.41) is 0.667. The van der Waals surface area contributed by atoms with Crippen LogP contribution in [0.3, 0.4) is 0 Å². The lowest BCUT2D eigenvalue weighted by atomic mass is 10.1. The van der Waals surface area contributed by atoms with Crippen molar-refractivity contribution in [3.05, 3.63) is 54.1 Å². The Hall–Kier alpha value is -2.28. The molecule has 0 atom stereocenters. The van der Waals surface area contributed by atoms with E-state index in [2.05, 4.69) is 4.98 Å². The number of benzene rings is 2. The fourth-order valence-electron chi connectivity index (χ4n) is 2.69. The zero-order valence-corrected chi connectivity index (χ0v) is 16.1. The Morgan fingerprint density at radius 2 is 1.61 bits per heavy atom. The van der Waals surface area contributed by atoms with Crippen LogP contribution in [0.4, 0.5) is 13.2 Å². The minimum atomic E-state index is -4.40. The van der Waals surface area contributed by atoms with Crippen LogP contribution >= 0.6 is 7.82 Å². The Bertz CT molecular complexity index is 989. The number of H-pyrrole nitrogens is 1. The van der Waals surface area contributed by atoms with Gasteiger partial charge >= 0.3 is 14.0 Å². The summed E-state index contributed by atoms with van der Waals surface area (Å²) in [5.41, 5.74) is 1.07. The highest BCUT2D eigenvalue weighted by Crippen LogP contribution is 2.49. The first-order valence-corrected chi connectivity index (χ1v) is 10.1. The zero-order valence-electron chi connectivity index (χ0n) is 15.2. The molecule has 1 aromatic heterocycles. The predicted octanol–water partition coefficient (Wildman–Crippen LogP) is 6.41. The van der Waals surface area contributed by atoms with Crippen molar-refractivity contribution in [3.8, 4) is 17.0 Å². The van der Waals surface area contributed by atoms with Gasteiger partial charge in [0.05, 0.1) is 18.8 Å². The molecule has 1 heterocycles. The van der Waals surface area contributed by atoms with Crippen molar-refractivity contribution in [2.24, 2.45) is 0 Å². The van der Waals surface area contributed by atoms with Gasteiger partial charge < -0.3 is 9.51 Å². The first-order valence-electron chi connectivity index (χ1n) is 8.63. The standard InChI is InChI=1S/C19H19F3NO4P/c1-3-25-28(24,26-4-2)27-16-9-6-13(7-10-16)17-11-14-5-8-15(19(20,21)22)12-18(14)23-17/h5-12,23H,3-4H2,1-2H3. The summed E-state index contributed by atoms with van der Waals surface area (Å²) >= 11 is 0. The SMILES string of the molecule is CCOP(=O)(OCC)Oc1ccc(-c2cc3ccc(C(F)(F)F)cc3[nH]2)cc1. The van der Waals surface area contributed by atoms with Gasteiger partial charge in [-0.25, -0.2) is 4.57 Å². The molecular weight excluding hydrogens is 394 g/mol. The van der Waals surface area contributed by atoms with Gasteiger partial charge in [-0.1, -0.05) is 6.07 Å². The molecule has 0 saturated heterocycles. The number of halogens is 3. The number of rotatable bonds is 7. The molecule has 0 spiro atoms. The number of hydrogen-bond donors (Lipinski definition) is 1. The largest absolute Gasteiger partial charge is 0.530 e. The molecule has 28 heavy (non-hydrogen) atoms. The lowest BCUT2D eigenvalue weighted by Crippen LogP contribution is -2.03. The number of aromatic amines is 1. The van der Waals surface area contributed by atoms with Crippen molar-refractivity contribution in [1.29, 1.82) is 0 Å². The van der Waals surface area contributed by atoms with Crippen LogP contribution in [0.5, 0.6) is 5.75 Å². The average molecular weight is 413 g/mol. The summed E-state index contributed by atoms with van der Waals surface area (Å²) < 4.78 is 66.5. The summed E-state index contributed by atoms with van der Waals surface area (Å²) in [7, 11) is -3.69. The van der Waals surface area contributed by atoms with E-state index in [1.807, 2.05) is 0 Å². The number of hydrogen-bond acceptors (Lipinski definition) is 4. The van der Waals surface area contributed by atoms with E-state index in [1.54, 1.807) is 44.2 Å². The minimum Gasteiger partial charge on any atom is -0.404 e. The van der Waals surface area contributed by atoms with Crippen molar-refractivity contribution in [3.63, 3.8) is 0 Å². The third-order valence-electron chi connectivity index (χ3n) is 3.91. The molecule has 2 aromatic carbocycles. The van der Waals surface area contributed by atoms with E-state index in [1.165, 1.54) is 6.07 Å². The minimum absolute atomic E-state index is 0.171. The molecule has 150 valence electrons. The molecule has 0 fully saturated rings. The summed E-state index contributed by atoms with van der Waals surface area (Å²) in [4.78, 5) is 2.99. The molecule has 9 heteroatoms. The van der Waals surface area contributed by atoms with Crippen LogP contribution in [0, 0.1) is 0 Å². The Morgan fingerprint density at radius 1 is 0.964 bits per heavy atom. The van der Waals surface area contributed by atoms with E-state index in [-0.39, 0.29) is 13.2 Å². The van der Waals surface area contributed by atoms with Gasteiger partial charge in [-0.2, -0.15) is 13.2 Å². The molecule has 1 N–H and O–H groups in total. The molecule has 0 amide bonds. The quantitative estimate of drug-likeness (QED) is 0.455. The van der Waals surface area contributed by atoms with E-state index in [0.717, 1.165) is 17.7 Å². The highest BCUT2D eigenvalue weighted by Gasteiger charge is 2.30. The van der Waals surface area contributed by atoms with Gasteiger partial charge in [0.2, 0.25) is 0 Å². The number of nitrogens with one attached hydrogen (secondary N) is 1. The van der Waals surface area contributed by atoms with Gasteiger partial charge in [0, 0.05) is 16.6 Å². The fourth-order valence-corrected chi connectivity index (χ4v) is 3.88. The number of phosphoric acid groups is 1. The average Bonchev–Trinajstić information content (AvgIpc) is 3.05. The Balaban J connectivity index is 1.84. The lowest BCUT2D eigenvalue weighted by molar-refractivity contribution is -0.137. The molecular formula is C19H19F3NO4P. The normalized spacial score (nSPS) is 12.5. The number of aromatic nitrogens is 1. The first-order chi connectivity index (χ1) is 13.2. The first kappa shape index (κ1) is 20.5. The third-order valence-corrected chi connectivity index (χ3v) is 5.49. The van der Waals surface area contributed by atoms with Crippen molar-refractivity contribution in [2.45, 2.75) is 20.0 Å². The second-order valence-electron chi connectivity index (χ2n) is 5.88. The van der Waals surface area contributed by atoms with Gasteiger partial charge in [-0.3, -0.25) is 9.05 Å². The Labute approximate surface area is 160 Å². The van der Waals surface area contributed by atoms with Crippen LogP contribution in [-0.4, -0.2) is 18.2 Å². The van der Waals surface area contributed by atoms with Gasteiger partial charge in [0.15, 0.2) is 0 Å². The van der Waals surface area contributed by atoms with Crippen molar-refractivity contribution >= 4 is 18.7 Å². The van der Waals surface area contributed by atoms with E-state index < -0.39 is 19.6 Å². The summed E-state index contributed by atoms with van der Waals surface area (Å²) in [6, 6.07) is 11.9. The van der Waals surface area contributed by atoms with E-state index in [4.69, 9.17) is 13.6 Å². The van der Waals surface area contributed by atoms with Gasteiger partial charge in [-0.15, -0.1) is 0 Å². The van der Waals surface area contributed by atoms with Gasteiger partial charge in [-0.05, 0) is 61.9 Å². The maximum atomic E-state index is 12.9. The van der Waals surface area contributed by atoms with E-state index in [9.17, 15) is 17.7 Å². The van der Waals surface area contributed by atoms with Crippen molar-refractivity contribution < 1.29 is 31.3 Å². The maximum Gasteiger partial charge on any atom is 0.530 e. The second kappa shape index (κ2) is 7.99.